The Kier molecular flexibility index (Phi) is 6.83. The highest BCUT2D eigenvalue weighted by atomic mass is 16.3. The zero-order valence-electron chi connectivity index (χ0n) is 30.4. The molecule has 0 amide bonds. The van der Waals surface area contributed by atoms with E-state index in [1.54, 1.807) is 0 Å². The second kappa shape index (κ2) is 12.3. The minimum absolute atomic E-state index is 0.542. The Balaban J connectivity index is 1.01. The molecule has 0 radical (unpaired) electrons. The van der Waals surface area contributed by atoms with Gasteiger partial charge in [-0.1, -0.05) is 121 Å². The molecule has 12 rings (SSSR count). The first kappa shape index (κ1) is 31.5. The molecule has 0 fully saturated rings. The summed E-state index contributed by atoms with van der Waals surface area (Å²) in [5.41, 5.74) is 11.5. The van der Waals surface area contributed by atoms with Crippen LogP contribution in [0.15, 0.2) is 191 Å². The van der Waals surface area contributed by atoms with Crippen molar-refractivity contribution < 1.29 is 8.83 Å². The molecule has 57 heavy (non-hydrogen) atoms. The standard InChI is InChI=1S/C51H30N4O2/c1-3-13-31(14-4-1)49-52-50(54-51(53-49)40-21-11-20-38-36-17-8-10-24-44(36)57-48(38)40)33-25-27-37-41-29-32(26-28-45(41)56-46(37)30-33)35-19-12-23-43-47(35)39-18-7-9-22-42(39)55(43)34-15-5-2-6-16-34/h1-30H. The molecule has 0 atom stereocenters. The summed E-state index contributed by atoms with van der Waals surface area (Å²) in [7, 11) is 0. The number of nitrogens with zero attached hydrogens (tertiary/aromatic N) is 4. The SMILES string of the molecule is c1ccc(-c2nc(-c3ccc4c(c3)oc3ccc(-c5cccc6c5c5ccccc5n6-c5ccccc5)cc34)nc(-c3cccc4c3oc3ccccc34)n2)cc1. The zero-order valence-corrected chi connectivity index (χ0v) is 30.4. The fourth-order valence-corrected chi connectivity index (χ4v) is 8.46. The van der Waals surface area contributed by atoms with Gasteiger partial charge in [0.05, 0.1) is 16.6 Å². The molecule has 0 N–H and O–H groups in total. The maximum Gasteiger partial charge on any atom is 0.167 e. The predicted octanol–water partition coefficient (Wildman–Crippen LogP) is 13.4. The van der Waals surface area contributed by atoms with Crippen molar-refractivity contribution in [2.45, 2.75) is 0 Å². The molecular weight excluding hydrogens is 701 g/mol. The molecule has 0 aliphatic rings. The topological polar surface area (TPSA) is 69.9 Å². The van der Waals surface area contributed by atoms with E-state index >= 15 is 0 Å². The van der Waals surface area contributed by atoms with E-state index in [-0.39, 0.29) is 0 Å². The van der Waals surface area contributed by atoms with Crippen molar-refractivity contribution in [3.05, 3.63) is 182 Å². The molecule has 0 bridgehead atoms. The van der Waals surface area contributed by atoms with Gasteiger partial charge in [0, 0.05) is 49.1 Å². The number of benzene rings is 8. The molecule has 0 saturated heterocycles. The van der Waals surface area contributed by atoms with Gasteiger partial charge in [0.25, 0.3) is 0 Å². The summed E-state index contributed by atoms with van der Waals surface area (Å²) in [5, 5.41) is 6.60. The van der Waals surface area contributed by atoms with Crippen molar-refractivity contribution in [2.24, 2.45) is 0 Å². The molecule has 4 aromatic heterocycles. The third-order valence-corrected chi connectivity index (χ3v) is 11.1. The number of aromatic nitrogens is 4. The van der Waals surface area contributed by atoms with Crippen LogP contribution in [0, 0.1) is 0 Å². The number of hydrogen-bond acceptors (Lipinski definition) is 5. The Morgan fingerprint density at radius 3 is 1.86 bits per heavy atom. The van der Waals surface area contributed by atoms with Gasteiger partial charge in [-0.2, -0.15) is 0 Å². The largest absolute Gasteiger partial charge is 0.456 e. The number of rotatable bonds is 5. The van der Waals surface area contributed by atoms with Crippen LogP contribution in [0.25, 0.3) is 117 Å². The molecule has 6 heteroatoms. The smallest absolute Gasteiger partial charge is 0.167 e. The lowest BCUT2D eigenvalue weighted by molar-refractivity contribution is 0.668. The molecule has 0 spiro atoms. The molecule has 0 aliphatic carbocycles. The monoisotopic (exact) mass is 730 g/mol. The van der Waals surface area contributed by atoms with Gasteiger partial charge in [0.1, 0.15) is 22.3 Å². The van der Waals surface area contributed by atoms with Crippen LogP contribution in [-0.4, -0.2) is 19.5 Å². The van der Waals surface area contributed by atoms with E-state index in [0.29, 0.717) is 17.5 Å². The van der Waals surface area contributed by atoms with E-state index in [9.17, 15) is 0 Å². The van der Waals surface area contributed by atoms with E-state index < -0.39 is 0 Å². The van der Waals surface area contributed by atoms with Gasteiger partial charge in [-0.15, -0.1) is 0 Å². The molecule has 6 nitrogen and oxygen atoms in total. The maximum atomic E-state index is 6.56. The summed E-state index contributed by atoms with van der Waals surface area (Å²) in [6.45, 7) is 0. The molecule has 8 aromatic carbocycles. The van der Waals surface area contributed by atoms with E-state index in [0.717, 1.165) is 71.8 Å². The van der Waals surface area contributed by atoms with Gasteiger partial charge in [-0.3, -0.25) is 0 Å². The number of fused-ring (bicyclic) bond motifs is 9. The lowest BCUT2D eigenvalue weighted by Crippen LogP contribution is -2.00. The minimum Gasteiger partial charge on any atom is -0.456 e. The summed E-state index contributed by atoms with van der Waals surface area (Å²) in [6, 6.07) is 62.8. The normalized spacial score (nSPS) is 11.9. The third-order valence-electron chi connectivity index (χ3n) is 11.1. The number of furan rings is 2. The first-order valence-corrected chi connectivity index (χ1v) is 19.0. The van der Waals surface area contributed by atoms with Crippen LogP contribution < -0.4 is 0 Å². The Morgan fingerprint density at radius 2 is 0.982 bits per heavy atom. The van der Waals surface area contributed by atoms with Gasteiger partial charge in [-0.25, -0.2) is 15.0 Å². The van der Waals surface area contributed by atoms with Crippen LogP contribution in [-0.2, 0) is 0 Å². The van der Waals surface area contributed by atoms with Crippen molar-refractivity contribution in [2.75, 3.05) is 0 Å². The molecular formula is C51H30N4O2. The fraction of sp³-hybridized carbons (Fsp3) is 0. The van der Waals surface area contributed by atoms with Crippen LogP contribution in [0.2, 0.25) is 0 Å². The average Bonchev–Trinajstić information content (AvgIpc) is 3.96. The summed E-state index contributed by atoms with van der Waals surface area (Å²) in [5.74, 6) is 1.68. The molecule has 4 heterocycles. The van der Waals surface area contributed by atoms with E-state index in [1.807, 2.05) is 66.7 Å². The van der Waals surface area contributed by atoms with Crippen molar-refractivity contribution >= 4 is 65.7 Å². The molecule has 0 saturated carbocycles. The number of para-hydroxylation sites is 4. The highest BCUT2D eigenvalue weighted by Gasteiger charge is 2.20. The first-order chi connectivity index (χ1) is 28.2. The third kappa shape index (κ3) is 4.94. The second-order valence-corrected chi connectivity index (χ2v) is 14.4. The van der Waals surface area contributed by atoms with E-state index in [1.165, 1.54) is 27.4 Å². The highest BCUT2D eigenvalue weighted by Crippen LogP contribution is 2.41. The quantitative estimate of drug-likeness (QED) is 0.176. The Hall–Kier alpha value is -7.83. The van der Waals surface area contributed by atoms with Gasteiger partial charge in [0.2, 0.25) is 0 Å². The van der Waals surface area contributed by atoms with Gasteiger partial charge < -0.3 is 13.4 Å². The van der Waals surface area contributed by atoms with Crippen LogP contribution in [0.1, 0.15) is 0 Å². The summed E-state index contributed by atoms with van der Waals surface area (Å²) in [6.07, 6.45) is 0. The van der Waals surface area contributed by atoms with Crippen LogP contribution in [0.3, 0.4) is 0 Å². The summed E-state index contributed by atoms with van der Waals surface area (Å²) < 4.78 is 15.3. The lowest BCUT2D eigenvalue weighted by atomic mass is 9.97. The van der Waals surface area contributed by atoms with E-state index in [2.05, 4.69) is 120 Å². The number of hydrogen-bond donors (Lipinski definition) is 0. The van der Waals surface area contributed by atoms with Crippen molar-refractivity contribution in [1.82, 2.24) is 19.5 Å². The molecule has 0 unspecified atom stereocenters. The molecule has 12 aromatic rings. The van der Waals surface area contributed by atoms with Crippen molar-refractivity contribution in [1.29, 1.82) is 0 Å². The van der Waals surface area contributed by atoms with E-state index in [4.69, 9.17) is 23.8 Å². The second-order valence-electron chi connectivity index (χ2n) is 14.4. The van der Waals surface area contributed by atoms with Gasteiger partial charge in [0.15, 0.2) is 17.5 Å². The fourth-order valence-electron chi connectivity index (χ4n) is 8.46. The lowest BCUT2D eigenvalue weighted by Gasteiger charge is -2.09. The van der Waals surface area contributed by atoms with Crippen LogP contribution in [0.4, 0.5) is 0 Å². The zero-order chi connectivity index (χ0) is 37.5. The predicted molar refractivity (Wildman–Crippen MR) is 230 cm³/mol. The summed E-state index contributed by atoms with van der Waals surface area (Å²) >= 11 is 0. The van der Waals surface area contributed by atoms with Gasteiger partial charge >= 0.3 is 0 Å². The first-order valence-electron chi connectivity index (χ1n) is 19.0. The maximum absolute atomic E-state index is 6.56. The molecule has 0 aliphatic heterocycles. The van der Waals surface area contributed by atoms with Crippen molar-refractivity contribution in [3.63, 3.8) is 0 Å². The summed E-state index contributed by atoms with van der Waals surface area (Å²) in [4.78, 5) is 15.1. The van der Waals surface area contributed by atoms with Crippen LogP contribution in [0.5, 0.6) is 0 Å². The average molecular weight is 731 g/mol. The Morgan fingerprint density at radius 1 is 0.351 bits per heavy atom. The molecule has 266 valence electrons. The Labute approximate surface area is 325 Å². The Bertz CT molecular complexity index is 3530. The van der Waals surface area contributed by atoms with Crippen LogP contribution >= 0.6 is 0 Å². The minimum atomic E-state index is 0.542. The van der Waals surface area contributed by atoms with Crippen molar-refractivity contribution in [3.8, 4) is 51.0 Å². The van der Waals surface area contributed by atoms with Gasteiger partial charge in [-0.05, 0) is 71.8 Å². The highest BCUT2D eigenvalue weighted by molar-refractivity contribution is 6.17.